The van der Waals surface area contributed by atoms with Crippen molar-refractivity contribution >= 4 is 17.3 Å². The Morgan fingerprint density at radius 3 is 2.81 bits per heavy atom. The molecule has 21 heavy (non-hydrogen) atoms. The third-order valence-corrected chi connectivity index (χ3v) is 3.92. The quantitative estimate of drug-likeness (QED) is 0.645. The second kappa shape index (κ2) is 7.31. The molecule has 116 valence electrons. The van der Waals surface area contributed by atoms with Crippen molar-refractivity contribution in [2.24, 2.45) is 5.92 Å². The fourth-order valence-electron chi connectivity index (χ4n) is 2.61. The van der Waals surface area contributed by atoms with Crippen molar-refractivity contribution in [1.82, 2.24) is 0 Å². The molecular formula is C16H24N2O3. The first-order chi connectivity index (χ1) is 10.1. The molecule has 5 nitrogen and oxygen atoms in total. The van der Waals surface area contributed by atoms with Crippen LogP contribution in [0.15, 0.2) is 18.2 Å². The summed E-state index contributed by atoms with van der Waals surface area (Å²) in [6.45, 7) is 5.96. The van der Waals surface area contributed by atoms with E-state index >= 15 is 0 Å². The van der Waals surface area contributed by atoms with Gasteiger partial charge in [-0.3, -0.25) is 0 Å². The number of nitrogen functional groups attached to an aromatic ring is 1. The highest BCUT2D eigenvalue weighted by Crippen LogP contribution is 2.26. The fourth-order valence-corrected chi connectivity index (χ4v) is 2.61. The molecule has 1 heterocycles. The molecule has 1 aromatic carbocycles. The van der Waals surface area contributed by atoms with E-state index < -0.39 is 0 Å². The molecule has 1 aliphatic rings. The van der Waals surface area contributed by atoms with Crippen LogP contribution in [0.2, 0.25) is 0 Å². The molecule has 0 spiro atoms. The van der Waals surface area contributed by atoms with E-state index in [9.17, 15) is 4.79 Å². The Morgan fingerprint density at radius 1 is 1.48 bits per heavy atom. The van der Waals surface area contributed by atoms with Gasteiger partial charge in [0, 0.05) is 19.3 Å². The lowest BCUT2D eigenvalue weighted by atomic mass is 9.92. The molecular weight excluding hydrogens is 268 g/mol. The van der Waals surface area contributed by atoms with Gasteiger partial charge < -0.3 is 20.5 Å². The Morgan fingerprint density at radius 2 is 2.19 bits per heavy atom. The van der Waals surface area contributed by atoms with Crippen molar-refractivity contribution in [2.45, 2.75) is 32.7 Å². The van der Waals surface area contributed by atoms with Gasteiger partial charge >= 0.3 is 5.97 Å². The number of hydrogen-bond acceptors (Lipinski definition) is 5. The largest absolute Gasteiger partial charge is 0.462 e. The Balaban J connectivity index is 2.01. The monoisotopic (exact) mass is 292 g/mol. The van der Waals surface area contributed by atoms with Crippen LogP contribution in [0, 0.1) is 5.92 Å². The van der Waals surface area contributed by atoms with Gasteiger partial charge in [0.1, 0.15) is 0 Å². The number of ether oxygens (including phenoxy) is 2. The topological polar surface area (TPSA) is 73.6 Å². The van der Waals surface area contributed by atoms with Crippen molar-refractivity contribution in [1.29, 1.82) is 0 Å². The standard InChI is InChI=1S/C16H24N2O3/c1-3-21-16(19)13-4-5-15(14(17)10-13)18-11(2)12-6-8-20-9-7-12/h4-5,10-12,18H,3,6-9,17H2,1-2H3. The normalized spacial score (nSPS) is 17.2. The lowest BCUT2D eigenvalue weighted by Gasteiger charge is -2.29. The molecule has 1 saturated heterocycles. The number of nitrogens with one attached hydrogen (secondary N) is 1. The van der Waals surface area contributed by atoms with Crippen LogP contribution in [0.25, 0.3) is 0 Å². The first-order valence-corrected chi connectivity index (χ1v) is 7.52. The number of carbonyl (C=O) groups is 1. The maximum atomic E-state index is 11.7. The van der Waals surface area contributed by atoms with Crippen LogP contribution < -0.4 is 11.1 Å². The first-order valence-electron chi connectivity index (χ1n) is 7.52. The second-order valence-corrected chi connectivity index (χ2v) is 5.41. The van der Waals surface area contributed by atoms with Crippen molar-refractivity contribution in [3.8, 4) is 0 Å². The number of rotatable bonds is 5. The van der Waals surface area contributed by atoms with Gasteiger partial charge in [-0.1, -0.05) is 0 Å². The predicted octanol–water partition coefficient (Wildman–Crippen LogP) is 2.67. The van der Waals surface area contributed by atoms with Gasteiger partial charge in [0.25, 0.3) is 0 Å². The summed E-state index contributed by atoms with van der Waals surface area (Å²) in [6, 6.07) is 5.58. The number of nitrogens with two attached hydrogens (primary N) is 1. The van der Waals surface area contributed by atoms with Gasteiger partial charge in [-0.25, -0.2) is 4.79 Å². The maximum absolute atomic E-state index is 11.7. The number of carbonyl (C=O) groups excluding carboxylic acids is 1. The fraction of sp³-hybridized carbons (Fsp3) is 0.562. The molecule has 1 unspecified atom stereocenters. The summed E-state index contributed by atoms with van der Waals surface area (Å²) in [4.78, 5) is 11.7. The third-order valence-electron chi connectivity index (χ3n) is 3.92. The SMILES string of the molecule is CCOC(=O)c1ccc(NC(C)C2CCOCC2)c(N)c1. The predicted molar refractivity (Wildman–Crippen MR) is 83.4 cm³/mol. The number of hydrogen-bond donors (Lipinski definition) is 2. The molecule has 0 aromatic heterocycles. The zero-order chi connectivity index (χ0) is 15.2. The summed E-state index contributed by atoms with van der Waals surface area (Å²) >= 11 is 0. The van der Waals surface area contributed by atoms with Gasteiger partial charge in [-0.05, 0) is 50.8 Å². The van der Waals surface area contributed by atoms with Crippen molar-refractivity contribution in [3.05, 3.63) is 23.8 Å². The molecule has 1 fully saturated rings. The zero-order valence-corrected chi connectivity index (χ0v) is 12.7. The van der Waals surface area contributed by atoms with E-state index in [1.54, 1.807) is 19.1 Å². The molecule has 2 rings (SSSR count). The molecule has 0 radical (unpaired) electrons. The minimum absolute atomic E-state index is 0.324. The highest BCUT2D eigenvalue weighted by atomic mass is 16.5. The van der Waals surface area contributed by atoms with Crippen LogP contribution in [0.5, 0.6) is 0 Å². The molecule has 1 aliphatic heterocycles. The lowest BCUT2D eigenvalue weighted by molar-refractivity contribution is 0.0526. The first kappa shape index (κ1) is 15.6. The van der Waals surface area contributed by atoms with Gasteiger partial charge in [0.05, 0.1) is 23.5 Å². The van der Waals surface area contributed by atoms with E-state index in [2.05, 4.69) is 12.2 Å². The van der Waals surface area contributed by atoms with Gasteiger partial charge in [0.15, 0.2) is 0 Å². The Hall–Kier alpha value is -1.75. The maximum Gasteiger partial charge on any atom is 0.338 e. The molecule has 5 heteroatoms. The Bertz CT molecular complexity index is 484. The summed E-state index contributed by atoms with van der Waals surface area (Å²) in [7, 11) is 0. The number of anilines is 2. The van der Waals surface area contributed by atoms with Crippen LogP contribution >= 0.6 is 0 Å². The lowest BCUT2D eigenvalue weighted by Crippen LogP contribution is -2.31. The van der Waals surface area contributed by atoms with Crippen molar-refractivity contribution in [3.63, 3.8) is 0 Å². The van der Waals surface area contributed by atoms with E-state index in [-0.39, 0.29) is 5.97 Å². The molecule has 0 saturated carbocycles. The van der Waals surface area contributed by atoms with Crippen LogP contribution in [0.1, 0.15) is 37.0 Å². The molecule has 0 aliphatic carbocycles. The van der Waals surface area contributed by atoms with E-state index in [0.717, 1.165) is 31.7 Å². The van der Waals surface area contributed by atoms with Crippen LogP contribution in [-0.4, -0.2) is 31.8 Å². The average molecular weight is 292 g/mol. The number of benzene rings is 1. The van der Waals surface area contributed by atoms with E-state index in [0.29, 0.717) is 29.8 Å². The van der Waals surface area contributed by atoms with Crippen LogP contribution in [0.4, 0.5) is 11.4 Å². The smallest absolute Gasteiger partial charge is 0.338 e. The van der Waals surface area contributed by atoms with Gasteiger partial charge in [0.2, 0.25) is 0 Å². The molecule has 0 amide bonds. The minimum Gasteiger partial charge on any atom is -0.462 e. The number of esters is 1. The third kappa shape index (κ3) is 4.11. The summed E-state index contributed by atoms with van der Waals surface area (Å²) < 4.78 is 10.4. The van der Waals surface area contributed by atoms with E-state index in [4.69, 9.17) is 15.2 Å². The molecule has 1 aromatic rings. The molecule has 0 bridgehead atoms. The van der Waals surface area contributed by atoms with Crippen LogP contribution in [0.3, 0.4) is 0 Å². The summed E-state index contributed by atoms with van der Waals surface area (Å²) in [5, 5.41) is 3.45. The van der Waals surface area contributed by atoms with Gasteiger partial charge in [-0.2, -0.15) is 0 Å². The van der Waals surface area contributed by atoms with E-state index in [1.807, 2.05) is 6.07 Å². The summed E-state index contributed by atoms with van der Waals surface area (Å²) in [5.74, 6) is 0.246. The van der Waals surface area contributed by atoms with E-state index in [1.165, 1.54) is 0 Å². The average Bonchev–Trinajstić information content (AvgIpc) is 2.50. The summed E-state index contributed by atoms with van der Waals surface area (Å²) in [6.07, 6.45) is 2.13. The Labute approximate surface area is 125 Å². The highest BCUT2D eigenvalue weighted by molar-refractivity contribution is 5.91. The Kier molecular flexibility index (Phi) is 5.44. The van der Waals surface area contributed by atoms with Crippen LogP contribution in [-0.2, 0) is 9.47 Å². The molecule has 1 atom stereocenters. The van der Waals surface area contributed by atoms with Crippen molar-refractivity contribution < 1.29 is 14.3 Å². The zero-order valence-electron chi connectivity index (χ0n) is 12.7. The van der Waals surface area contributed by atoms with Crippen molar-refractivity contribution in [2.75, 3.05) is 30.9 Å². The minimum atomic E-state index is -0.340. The summed E-state index contributed by atoms with van der Waals surface area (Å²) in [5.41, 5.74) is 7.95. The second-order valence-electron chi connectivity index (χ2n) is 5.41. The van der Waals surface area contributed by atoms with Gasteiger partial charge in [-0.15, -0.1) is 0 Å². The molecule has 3 N–H and O–H groups in total. The highest BCUT2D eigenvalue weighted by Gasteiger charge is 2.21.